The van der Waals surface area contributed by atoms with Gasteiger partial charge in [-0.2, -0.15) is 0 Å². The summed E-state index contributed by atoms with van der Waals surface area (Å²) in [5.41, 5.74) is -1.79. The molecule has 0 bridgehead atoms. The molecule has 0 saturated heterocycles. The molecule has 1 atom stereocenters. The predicted molar refractivity (Wildman–Crippen MR) is 37.9 cm³/mol. The Balaban J connectivity index is 3.93. The lowest BCUT2D eigenvalue weighted by Gasteiger charge is -2.06. The number of esters is 1. The molecule has 0 amide bonds. The van der Waals surface area contributed by atoms with Crippen molar-refractivity contribution in [3.05, 3.63) is 10.1 Å². The molecule has 5 nitrogen and oxygen atoms in total. The van der Waals surface area contributed by atoms with Crippen molar-refractivity contribution < 1.29 is 14.5 Å². The summed E-state index contributed by atoms with van der Waals surface area (Å²) in [7, 11) is 0. The average Bonchev–Trinajstić information content (AvgIpc) is 1.84. The molecule has 64 valence electrons. The number of alkyl halides is 1. The maximum absolute atomic E-state index is 10.6. The topological polar surface area (TPSA) is 69.4 Å². The van der Waals surface area contributed by atoms with Crippen LogP contribution < -0.4 is 0 Å². The molecule has 0 saturated carbocycles. The van der Waals surface area contributed by atoms with Crippen LogP contribution in [0.2, 0.25) is 0 Å². The zero-order valence-corrected chi connectivity index (χ0v) is 6.87. The molecule has 0 aliphatic heterocycles. The Labute approximate surface area is 68.4 Å². The summed E-state index contributed by atoms with van der Waals surface area (Å²) in [6.07, 6.45) is -0.385. The van der Waals surface area contributed by atoms with Crippen LogP contribution in [0.3, 0.4) is 0 Å². The Kier molecular flexibility index (Phi) is 3.81. The Morgan fingerprint density at radius 3 is 2.36 bits per heavy atom. The number of nitrogens with zero attached hydrogens (tertiary/aromatic N) is 1. The fraction of sp³-hybridized carbons (Fsp3) is 0.800. The van der Waals surface area contributed by atoms with Crippen molar-refractivity contribution in [1.82, 2.24) is 0 Å². The van der Waals surface area contributed by atoms with Gasteiger partial charge in [-0.05, 0) is 25.4 Å². The number of hydrogen-bond acceptors (Lipinski definition) is 4. The van der Waals surface area contributed by atoms with E-state index in [4.69, 9.17) is 11.6 Å². The number of halogens is 1. The fourth-order valence-corrected chi connectivity index (χ4v) is 0.426. The molecule has 0 rings (SSSR count). The van der Waals surface area contributed by atoms with Crippen LogP contribution >= 0.6 is 11.6 Å². The SMILES string of the molecule is CC(C)OC(=O)C(Cl)[N+](=O)[O-]. The van der Waals surface area contributed by atoms with Crippen LogP contribution in [0.5, 0.6) is 0 Å². The number of rotatable bonds is 3. The van der Waals surface area contributed by atoms with Gasteiger partial charge in [0, 0.05) is 0 Å². The molecule has 0 N–H and O–H groups in total. The molecular weight excluding hydrogens is 174 g/mol. The first kappa shape index (κ1) is 10.2. The number of carbonyl (C=O) groups is 1. The Hall–Kier alpha value is -0.840. The molecule has 0 spiro atoms. The van der Waals surface area contributed by atoms with Crippen molar-refractivity contribution in [3.8, 4) is 0 Å². The van der Waals surface area contributed by atoms with Gasteiger partial charge in [0.25, 0.3) is 0 Å². The van der Waals surface area contributed by atoms with Gasteiger partial charge in [-0.3, -0.25) is 10.1 Å². The second-order valence-corrected chi connectivity index (χ2v) is 2.52. The van der Waals surface area contributed by atoms with E-state index in [2.05, 4.69) is 4.74 Å². The van der Waals surface area contributed by atoms with E-state index < -0.39 is 16.4 Å². The van der Waals surface area contributed by atoms with Gasteiger partial charge in [-0.1, -0.05) is 0 Å². The largest absolute Gasteiger partial charge is 0.457 e. The summed E-state index contributed by atoms with van der Waals surface area (Å²) in [5, 5.41) is 9.90. The Morgan fingerprint density at radius 1 is 1.64 bits per heavy atom. The van der Waals surface area contributed by atoms with Crippen molar-refractivity contribution in [1.29, 1.82) is 0 Å². The van der Waals surface area contributed by atoms with Gasteiger partial charge in [-0.25, -0.2) is 4.79 Å². The number of nitro groups is 1. The van der Waals surface area contributed by atoms with Gasteiger partial charge in [0.15, 0.2) is 0 Å². The smallest absolute Gasteiger partial charge is 0.398 e. The summed E-state index contributed by atoms with van der Waals surface area (Å²) < 4.78 is 4.46. The second kappa shape index (κ2) is 4.12. The van der Waals surface area contributed by atoms with Crippen molar-refractivity contribution in [3.63, 3.8) is 0 Å². The number of ether oxygens (including phenoxy) is 1. The maximum Gasteiger partial charge on any atom is 0.398 e. The van der Waals surface area contributed by atoms with E-state index in [0.29, 0.717) is 0 Å². The monoisotopic (exact) mass is 181 g/mol. The number of carbonyl (C=O) groups excluding carboxylic acids is 1. The molecule has 6 heteroatoms. The average molecular weight is 182 g/mol. The summed E-state index contributed by atoms with van der Waals surface area (Å²) in [5.74, 6) is -1.02. The molecule has 0 fully saturated rings. The van der Waals surface area contributed by atoms with Crippen LogP contribution in [-0.4, -0.2) is 22.5 Å². The van der Waals surface area contributed by atoms with E-state index in [-0.39, 0.29) is 6.10 Å². The molecule has 0 aromatic rings. The first-order valence-corrected chi connectivity index (χ1v) is 3.37. The zero-order valence-electron chi connectivity index (χ0n) is 6.11. The van der Waals surface area contributed by atoms with Crippen LogP contribution in [0, 0.1) is 10.1 Å². The van der Waals surface area contributed by atoms with Crippen molar-refractivity contribution in [2.24, 2.45) is 0 Å². The van der Waals surface area contributed by atoms with E-state index >= 15 is 0 Å². The summed E-state index contributed by atoms with van der Waals surface area (Å²) in [6, 6.07) is 0. The first-order chi connectivity index (χ1) is 4.95. The van der Waals surface area contributed by atoms with Crippen LogP contribution in [-0.2, 0) is 9.53 Å². The van der Waals surface area contributed by atoms with Crippen molar-refractivity contribution >= 4 is 17.6 Å². The molecular formula is C5H8ClNO4. The van der Waals surface area contributed by atoms with E-state index in [1.165, 1.54) is 0 Å². The molecule has 0 heterocycles. The number of hydrogen-bond donors (Lipinski definition) is 0. The van der Waals surface area contributed by atoms with Gasteiger partial charge >= 0.3 is 11.5 Å². The quantitative estimate of drug-likeness (QED) is 0.212. The van der Waals surface area contributed by atoms with E-state index in [1.54, 1.807) is 13.8 Å². The van der Waals surface area contributed by atoms with Crippen molar-refractivity contribution in [2.75, 3.05) is 0 Å². The minimum Gasteiger partial charge on any atom is -0.457 e. The third-order valence-electron chi connectivity index (χ3n) is 0.731. The van der Waals surface area contributed by atoms with Gasteiger partial charge in [0.2, 0.25) is 0 Å². The normalized spacial score (nSPS) is 12.7. The highest BCUT2D eigenvalue weighted by molar-refractivity contribution is 6.28. The fourth-order valence-electron chi connectivity index (χ4n) is 0.375. The lowest BCUT2D eigenvalue weighted by atomic mass is 10.5. The minimum atomic E-state index is -1.79. The molecule has 0 aromatic heterocycles. The van der Waals surface area contributed by atoms with E-state index in [9.17, 15) is 14.9 Å². The summed E-state index contributed by atoms with van der Waals surface area (Å²) in [6.45, 7) is 3.17. The molecule has 0 aromatic carbocycles. The lowest BCUT2D eigenvalue weighted by Crippen LogP contribution is -2.27. The zero-order chi connectivity index (χ0) is 9.02. The van der Waals surface area contributed by atoms with Crippen LogP contribution in [0.25, 0.3) is 0 Å². The van der Waals surface area contributed by atoms with E-state index in [1.807, 2.05) is 0 Å². The van der Waals surface area contributed by atoms with Crippen LogP contribution in [0.1, 0.15) is 13.8 Å². The highest BCUT2D eigenvalue weighted by Crippen LogP contribution is 2.01. The maximum atomic E-state index is 10.6. The highest BCUT2D eigenvalue weighted by atomic mass is 35.5. The van der Waals surface area contributed by atoms with Gasteiger partial charge in [0.1, 0.15) is 0 Å². The van der Waals surface area contributed by atoms with Gasteiger partial charge in [0.05, 0.1) is 11.0 Å². The van der Waals surface area contributed by atoms with Gasteiger partial charge < -0.3 is 4.74 Å². The van der Waals surface area contributed by atoms with Crippen LogP contribution in [0.15, 0.2) is 0 Å². The molecule has 0 aliphatic rings. The van der Waals surface area contributed by atoms with E-state index in [0.717, 1.165) is 0 Å². The van der Waals surface area contributed by atoms with Crippen LogP contribution in [0.4, 0.5) is 0 Å². The summed E-state index contributed by atoms with van der Waals surface area (Å²) in [4.78, 5) is 19.6. The molecule has 0 aliphatic carbocycles. The molecule has 11 heavy (non-hydrogen) atoms. The highest BCUT2D eigenvalue weighted by Gasteiger charge is 2.28. The minimum absolute atomic E-state index is 0.385. The van der Waals surface area contributed by atoms with Crippen molar-refractivity contribution in [2.45, 2.75) is 25.5 Å². The second-order valence-electron chi connectivity index (χ2n) is 2.11. The predicted octanol–water partition coefficient (Wildman–Crippen LogP) is 0.780. The Morgan fingerprint density at radius 2 is 2.09 bits per heavy atom. The summed E-state index contributed by atoms with van der Waals surface area (Å²) >= 11 is 5.04. The molecule has 0 radical (unpaired) electrons. The lowest BCUT2D eigenvalue weighted by molar-refractivity contribution is -0.487. The first-order valence-electron chi connectivity index (χ1n) is 2.93. The van der Waals surface area contributed by atoms with Gasteiger partial charge in [-0.15, -0.1) is 0 Å². The standard InChI is InChI=1S/C5H8ClNO4/c1-3(2)11-5(8)4(6)7(9)10/h3-4H,1-2H3. The molecule has 1 unspecified atom stereocenters. The third kappa shape index (κ3) is 3.77. The third-order valence-corrected chi connectivity index (χ3v) is 1.07. The Bertz CT molecular complexity index is 170.